The van der Waals surface area contributed by atoms with Crippen LogP contribution in [0.1, 0.15) is 63.8 Å². The standard InChI is InChI=1S/C76H62N4/c1-47-39-57(40-48(2)74(47)80-72-37-31-53(75(3,4)5)45-64(72)65-46-54(76(6,7)8)32-38-73(65)80)79-70-35-29-51(49-27-33-68-60(41-49)58-23-15-17-25-66(58)77(68)55-19-11-9-12-20-55)43-62(70)63-44-52(30-36-71(63)79)50-28-34-69-61(42-50)59-24-16-18-26-67(59)78(69)56-21-13-10-14-22-56/h9-46H,1-8H3. The third-order valence-corrected chi connectivity index (χ3v) is 17.3. The van der Waals surface area contributed by atoms with Crippen molar-refractivity contribution in [1.29, 1.82) is 0 Å². The minimum absolute atomic E-state index is 0.0250. The van der Waals surface area contributed by atoms with Crippen LogP contribution in [0.25, 0.3) is 132 Å². The van der Waals surface area contributed by atoms with Gasteiger partial charge in [-0.1, -0.05) is 151 Å². The van der Waals surface area contributed by atoms with Crippen molar-refractivity contribution >= 4 is 87.2 Å². The van der Waals surface area contributed by atoms with Crippen LogP contribution in [-0.2, 0) is 10.8 Å². The van der Waals surface area contributed by atoms with Crippen molar-refractivity contribution in [2.75, 3.05) is 0 Å². The predicted octanol–water partition coefficient (Wildman–Crippen LogP) is 20.6. The van der Waals surface area contributed by atoms with Crippen molar-refractivity contribution in [2.45, 2.75) is 66.2 Å². The second kappa shape index (κ2) is 17.6. The Hall–Kier alpha value is -9.38. The van der Waals surface area contributed by atoms with Gasteiger partial charge in [0.1, 0.15) is 0 Å². The Bertz CT molecular complexity index is 4710. The Morgan fingerprint density at radius 1 is 0.237 bits per heavy atom. The Labute approximate surface area is 467 Å². The zero-order valence-electron chi connectivity index (χ0n) is 46.7. The molecule has 4 nitrogen and oxygen atoms in total. The van der Waals surface area contributed by atoms with Gasteiger partial charge in [0, 0.05) is 60.2 Å². The summed E-state index contributed by atoms with van der Waals surface area (Å²) in [6.45, 7) is 18.5. The first-order chi connectivity index (χ1) is 38.8. The number of aryl methyl sites for hydroxylation is 2. The number of benzene rings is 11. The zero-order valence-corrected chi connectivity index (χ0v) is 46.7. The Morgan fingerprint density at radius 2 is 0.525 bits per heavy atom. The van der Waals surface area contributed by atoms with Gasteiger partial charge in [-0.25, -0.2) is 0 Å². The van der Waals surface area contributed by atoms with Crippen LogP contribution >= 0.6 is 0 Å². The quantitative estimate of drug-likeness (QED) is 0.158. The Balaban J connectivity index is 0.932. The molecule has 4 heteroatoms. The van der Waals surface area contributed by atoms with Gasteiger partial charge in [-0.05, 0) is 191 Å². The van der Waals surface area contributed by atoms with E-state index in [1.807, 2.05) is 0 Å². The van der Waals surface area contributed by atoms with E-state index in [9.17, 15) is 0 Å². The van der Waals surface area contributed by atoms with Crippen LogP contribution in [0.4, 0.5) is 0 Å². The van der Waals surface area contributed by atoms with E-state index in [1.165, 1.54) is 137 Å². The van der Waals surface area contributed by atoms with Crippen molar-refractivity contribution in [3.63, 3.8) is 0 Å². The SMILES string of the molecule is Cc1cc(-n2c3ccc(-c4ccc5c(c4)c4ccccc4n5-c4ccccc4)cc3c3cc(-c4ccc5c(c4)c4ccccc4n5-c4ccccc4)ccc32)cc(C)c1-n1c2ccc(C(C)(C)C)cc2c2cc(C(C)(C)C)ccc21. The molecule has 0 saturated heterocycles. The molecule has 15 aromatic rings. The molecule has 0 unspecified atom stereocenters. The highest BCUT2D eigenvalue weighted by Crippen LogP contribution is 2.44. The molecule has 15 rings (SSSR count). The van der Waals surface area contributed by atoms with Gasteiger partial charge >= 0.3 is 0 Å². The van der Waals surface area contributed by atoms with Crippen molar-refractivity contribution in [1.82, 2.24) is 18.3 Å². The minimum Gasteiger partial charge on any atom is -0.309 e. The predicted molar refractivity (Wildman–Crippen MR) is 342 cm³/mol. The second-order valence-electron chi connectivity index (χ2n) is 24.4. The topological polar surface area (TPSA) is 19.7 Å². The molecule has 0 atom stereocenters. The summed E-state index contributed by atoms with van der Waals surface area (Å²) in [4.78, 5) is 0. The molecule has 386 valence electrons. The molecule has 11 aromatic carbocycles. The fourth-order valence-electron chi connectivity index (χ4n) is 13.3. The number of rotatable bonds is 6. The van der Waals surface area contributed by atoms with E-state index in [0.29, 0.717) is 0 Å². The van der Waals surface area contributed by atoms with Gasteiger partial charge in [0.2, 0.25) is 0 Å². The van der Waals surface area contributed by atoms with Crippen molar-refractivity contribution in [3.8, 4) is 45.0 Å². The highest BCUT2D eigenvalue weighted by Gasteiger charge is 2.24. The Morgan fingerprint density at radius 3 is 0.900 bits per heavy atom. The highest BCUT2D eigenvalue weighted by molar-refractivity contribution is 6.15. The summed E-state index contributed by atoms with van der Waals surface area (Å²) in [7, 11) is 0. The first-order valence-electron chi connectivity index (χ1n) is 28.2. The summed E-state index contributed by atoms with van der Waals surface area (Å²) in [5.74, 6) is 0. The summed E-state index contributed by atoms with van der Waals surface area (Å²) in [6.07, 6.45) is 0. The van der Waals surface area contributed by atoms with Crippen molar-refractivity contribution < 1.29 is 0 Å². The van der Waals surface area contributed by atoms with Gasteiger partial charge in [0.25, 0.3) is 0 Å². The van der Waals surface area contributed by atoms with Gasteiger partial charge in [0.15, 0.2) is 0 Å². The lowest BCUT2D eigenvalue weighted by molar-refractivity contribution is 0.590. The van der Waals surface area contributed by atoms with E-state index in [4.69, 9.17) is 0 Å². The lowest BCUT2D eigenvalue weighted by atomic mass is 9.85. The maximum absolute atomic E-state index is 2.53. The third kappa shape index (κ3) is 7.35. The summed E-state index contributed by atoms with van der Waals surface area (Å²) >= 11 is 0. The first kappa shape index (κ1) is 47.8. The van der Waals surface area contributed by atoms with Crippen molar-refractivity contribution in [2.24, 2.45) is 0 Å². The molecule has 0 aliphatic carbocycles. The molecule has 0 bridgehead atoms. The van der Waals surface area contributed by atoms with Crippen LogP contribution in [0.5, 0.6) is 0 Å². The number of hydrogen-bond donors (Lipinski definition) is 0. The van der Waals surface area contributed by atoms with E-state index < -0.39 is 0 Å². The van der Waals surface area contributed by atoms with E-state index in [1.54, 1.807) is 0 Å². The molecular formula is C76H62N4. The third-order valence-electron chi connectivity index (χ3n) is 17.3. The summed E-state index contributed by atoms with van der Waals surface area (Å²) in [5.41, 5.74) is 24.3. The molecule has 4 heterocycles. The highest BCUT2D eigenvalue weighted by atomic mass is 15.0. The average Bonchev–Trinajstić information content (AvgIpc) is 4.39. The molecule has 0 fully saturated rings. The van der Waals surface area contributed by atoms with Gasteiger partial charge in [0.05, 0.1) is 49.8 Å². The smallest absolute Gasteiger partial charge is 0.0541 e. The van der Waals surface area contributed by atoms with E-state index >= 15 is 0 Å². The Kier molecular flexibility index (Phi) is 10.5. The normalized spacial score (nSPS) is 12.5. The van der Waals surface area contributed by atoms with Crippen LogP contribution in [0, 0.1) is 13.8 Å². The summed E-state index contributed by atoms with van der Waals surface area (Å²) in [6, 6.07) is 86.5. The fourth-order valence-corrected chi connectivity index (χ4v) is 13.3. The van der Waals surface area contributed by atoms with Gasteiger partial charge in [-0.3, -0.25) is 0 Å². The van der Waals surface area contributed by atoms with E-state index in [-0.39, 0.29) is 10.8 Å². The fraction of sp³-hybridized carbons (Fsp3) is 0.132. The van der Waals surface area contributed by atoms with E-state index in [0.717, 1.165) is 17.1 Å². The summed E-state index contributed by atoms with van der Waals surface area (Å²) < 4.78 is 9.83. The van der Waals surface area contributed by atoms with Crippen LogP contribution in [-0.4, -0.2) is 18.3 Å². The zero-order chi connectivity index (χ0) is 54.3. The number of fused-ring (bicyclic) bond motifs is 12. The maximum atomic E-state index is 2.53. The maximum Gasteiger partial charge on any atom is 0.0541 e. The molecule has 0 aliphatic heterocycles. The molecule has 0 amide bonds. The lowest BCUT2D eigenvalue weighted by Crippen LogP contribution is -2.10. The number of para-hydroxylation sites is 4. The molecule has 4 aromatic heterocycles. The molecule has 0 N–H and O–H groups in total. The number of hydrogen-bond acceptors (Lipinski definition) is 0. The van der Waals surface area contributed by atoms with Crippen molar-refractivity contribution in [3.05, 3.63) is 253 Å². The van der Waals surface area contributed by atoms with Gasteiger partial charge in [-0.2, -0.15) is 0 Å². The van der Waals surface area contributed by atoms with E-state index in [2.05, 4.69) is 304 Å². The van der Waals surface area contributed by atoms with Gasteiger partial charge in [-0.15, -0.1) is 0 Å². The van der Waals surface area contributed by atoms with Gasteiger partial charge < -0.3 is 18.3 Å². The monoisotopic (exact) mass is 1030 g/mol. The molecule has 0 spiro atoms. The molecule has 0 aliphatic rings. The van der Waals surface area contributed by atoms with Crippen LogP contribution in [0.2, 0.25) is 0 Å². The molecule has 0 saturated carbocycles. The average molecular weight is 1030 g/mol. The molecular weight excluding hydrogens is 969 g/mol. The largest absolute Gasteiger partial charge is 0.309 e. The van der Waals surface area contributed by atoms with Crippen LogP contribution in [0.15, 0.2) is 231 Å². The minimum atomic E-state index is 0.0250. The number of nitrogens with zero attached hydrogens (tertiary/aromatic N) is 4. The summed E-state index contributed by atoms with van der Waals surface area (Å²) in [5, 5.41) is 10.0. The molecule has 0 radical (unpaired) electrons. The first-order valence-corrected chi connectivity index (χ1v) is 28.2. The number of aromatic nitrogens is 4. The second-order valence-corrected chi connectivity index (χ2v) is 24.4. The lowest BCUT2D eigenvalue weighted by Gasteiger charge is -2.20. The van der Waals surface area contributed by atoms with Crippen LogP contribution in [0.3, 0.4) is 0 Å². The molecule has 80 heavy (non-hydrogen) atoms. The van der Waals surface area contributed by atoms with Crippen LogP contribution < -0.4 is 0 Å².